The van der Waals surface area contributed by atoms with Crippen molar-refractivity contribution in [2.75, 3.05) is 25.0 Å². The summed E-state index contributed by atoms with van der Waals surface area (Å²) in [7, 11) is 0. The average Bonchev–Trinajstić information content (AvgIpc) is 2.99. The number of aryl methyl sites for hydroxylation is 1. The average molecular weight is 397 g/mol. The Morgan fingerprint density at radius 2 is 1.90 bits per heavy atom. The Morgan fingerprint density at radius 3 is 2.62 bits per heavy atom. The third-order valence-corrected chi connectivity index (χ3v) is 6.32. The molecule has 0 bridgehead atoms. The van der Waals surface area contributed by atoms with E-state index in [9.17, 15) is 4.79 Å². The monoisotopic (exact) mass is 396 g/mol. The summed E-state index contributed by atoms with van der Waals surface area (Å²) in [5.74, 6) is 1.52. The zero-order valence-corrected chi connectivity index (χ0v) is 17.3. The number of likely N-dealkylation sites (tertiary alicyclic amines) is 2. The highest BCUT2D eigenvalue weighted by atomic mass is 16.5. The van der Waals surface area contributed by atoms with E-state index >= 15 is 0 Å². The van der Waals surface area contributed by atoms with Gasteiger partial charge in [-0.1, -0.05) is 36.2 Å². The van der Waals surface area contributed by atoms with Gasteiger partial charge in [0.15, 0.2) is 5.76 Å². The first kappa shape index (κ1) is 20.0. The van der Waals surface area contributed by atoms with Crippen LogP contribution in [-0.2, 0) is 6.54 Å². The highest BCUT2D eigenvalue weighted by Gasteiger charge is 2.34. The molecule has 0 aliphatic carbocycles. The maximum Gasteiger partial charge on any atom is 0.322 e. The Bertz CT molecular complexity index is 783. The lowest BCUT2D eigenvalue weighted by Gasteiger charge is -2.40. The molecule has 2 aromatic rings. The molecule has 1 N–H and O–H groups in total. The number of aromatic nitrogens is 1. The number of nitrogens with one attached hydrogen (secondary N) is 1. The predicted molar refractivity (Wildman–Crippen MR) is 114 cm³/mol. The zero-order valence-electron chi connectivity index (χ0n) is 17.3. The number of para-hydroxylation sites is 1. The molecule has 4 rings (SSSR count). The van der Waals surface area contributed by atoms with E-state index in [1.54, 1.807) is 0 Å². The number of hydrogen-bond donors (Lipinski definition) is 1. The number of anilines is 1. The highest BCUT2D eigenvalue weighted by Crippen LogP contribution is 2.31. The lowest BCUT2D eigenvalue weighted by Crippen LogP contribution is -2.49. The first-order valence-electron chi connectivity index (χ1n) is 11.0. The van der Waals surface area contributed by atoms with Crippen molar-refractivity contribution in [2.45, 2.75) is 58.0 Å². The maximum absolute atomic E-state index is 13.1. The van der Waals surface area contributed by atoms with Crippen molar-refractivity contribution >= 4 is 11.7 Å². The van der Waals surface area contributed by atoms with Crippen LogP contribution in [0.1, 0.15) is 50.0 Å². The van der Waals surface area contributed by atoms with Crippen molar-refractivity contribution in [3.05, 3.63) is 47.9 Å². The van der Waals surface area contributed by atoms with Crippen molar-refractivity contribution in [1.29, 1.82) is 0 Å². The molecule has 2 aliphatic rings. The fraction of sp³-hybridized carbons (Fsp3) is 0.565. The van der Waals surface area contributed by atoms with Crippen LogP contribution in [0.15, 0.2) is 40.9 Å². The normalized spacial score (nSPS) is 21.7. The van der Waals surface area contributed by atoms with E-state index in [1.807, 2.05) is 43.3 Å². The van der Waals surface area contributed by atoms with Crippen molar-refractivity contribution < 1.29 is 9.32 Å². The molecule has 1 atom stereocenters. The van der Waals surface area contributed by atoms with Crippen LogP contribution in [0, 0.1) is 12.8 Å². The van der Waals surface area contributed by atoms with E-state index in [0.29, 0.717) is 12.0 Å². The van der Waals surface area contributed by atoms with Gasteiger partial charge in [-0.3, -0.25) is 4.90 Å². The molecule has 3 heterocycles. The van der Waals surface area contributed by atoms with E-state index < -0.39 is 0 Å². The summed E-state index contributed by atoms with van der Waals surface area (Å²) < 4.78 is 5.38. The SMILES string of the molecule is Cc1cc(CN2CCC([C@H]3CCCCCN3C(=O)Nc3ccccc3)CC2)on1. The molecular weight excluding hydrogens is 364 g/mol. The van der Waals surface area contributed by atoms with Gasteiger partial charge in [0.25, 0.3) is 0 Å². The first-order chi connectivity index (χ1) is 14.2. The number of carbonyl (C=O) groups excluding carboxylic acids is 1. The van der Waals surface area contributed by atoms with Gasteiger partial charge in [-0.15, -0.1) is 0 Å². The van der Waals surface area contributed by atoms with E-state index in [4.69, 9.17) is 4.52 Å². The van der Waals surface area contributed by atoms with Gasteiger partial charge in [0, 0.05) is 24.3 Å². The Hall–Kier alpha value is -2.34. The van der Waals surface area contributed by atoms with Gasteiger partial charge in [0.2, 0.25) is 0 Å². The first-order valence-corrected chi connectivity index (χ1v) is 11.0. The molecule has 29 heavy (non-hydrogen) atoms. The summed E-state index contributed by atoms with van der Waals surface area (Å²) >= 11 is 0. The molecule has 2 aliphatic heterocycles. The molecule has 2 amide bonds. The Labute approximate surface area is 173 Å². The molecule has 0 saturated carbocycles. The minimum Gasteiger partial charge on any atom is -0.360 e. The van der Waals surface area contributed by atoms with Crippen molar-refractivity contribution in [1.82, 2.24) is 15.0 Å². The third kappa shape index (κ3) is 5.18. The second-order valence-electron chi connectivity index (χ2n) is 8.45. The number of hydrogen-bond acceptors (Lipinski definition) is 4. The zero-order chi connectivity index (χ0) is 20.1. The molecule has 0 spiro atoms. The number of benzene rings is 1. The number of nitrogens with zero attached hydrogens (tertiary/aromatic N) is 3. The minimum absolute atomic E-state index is 0.0580. The van der Waals surface area contributed by atoms with E-state index in [-0.39, 0.29) is 6.03 Å². The fourth-order valence-electron chi connectivity index (χ4n) is 4.80. The summed E-state index contributed by atoms with van der Waals surface area (Å²) in [5, 5.41) is 7.10. The summed E-state index contributed by atoms with van der Waals surface area (Å²) in [6.45, 7) is 5.75. The molecule has 0 unspecified atom stereocenters. The van der Waals surface area contributed by atoms with Gasteiger partial charge in [0.1, 0.15) is 0 Å². The van der Waals surface area contributed by atoms with Crippen molar-refractivity contribution in [3.63, 3.8) is 0 Å². The molecule has 156 valence electrons. The van der Waals surface area contributed by atoms with E-state index in [0.717, 1.165) is 69.0 Å². The van der Waals surface area contributed by atoms with Crippen molar-refractivity contribution in [2.24, 2.45) is 5.92 Å². The van der Waals surface area contributed by atoms with Crippen molar-refractivity contribution in [3.8, 4) is 0 Å². The number of amides is 2. The van der Waals surface area contributed by atoms with Gasteiger partial charge in [0.05, 0.1) is 12.2 Å². The summed E-state index contributed by atoms with van der Waals surface area (Å²) in [6.07, 6.45) is 6.92. The second kappa shape index (κ2) is 9.44. The van der Waals surface area contributed by atoms with Crippen LogP contribution in [0.5, 0.6) is 0 Å². The van der Waals surface area contributed by atoms with Gasteiger partial charge in [-0.2, -0.15) is 0 Å². The van der Waals surface area contributed by atoms with Crippen LogP contribution >= 0.6 is 0 Å². The molecular formula is C23H32N4O2. The predicted octanol–water partition coefficient (Wildman–Crippen LogP) is 4.67. The summed E-state index contributed by atoms with van der Waals surface area (Å²) in [5.41, 5.74) is 1.81. The largest absolute Gasteiger partial charge is 0.360 e. The molecule has 2 fully saturated rings. The van der Waals surface area contributed by atoms with Crippen LogP contribution in [0.4, 0.5) is 10.5 Å². The van der Waals surface area contributed by atoms with Crippen LogP contribution < -0.4 is 5.32 Å². The highest BCUT2D eigenvalue weighted by molar-refractivity contribution is 5.89. The summed E-state index contributed by atoms with van der Waals surface area (Å²) in [4.78, 5) is 17.6. The molecule has 6 nitrogen and oxygen atoms in total. The standard InChI is InChI=1S/C23H32N4O2/c1-18-16-21(29-25-18)17-26-14-11-19(12-15-26)22-10-6-3-7-13-27(22)23(28)24-20-8-4-2-5-9-20/h2,4-5,8-9,16,19,22H,3,6-7,10-15,17H2,1H3,(H,24,28)/t22-/m1/s1. The molecule has 1 aromatic carbocycles. The quantitative estimate of drug-likeness (QED) is 0.816. The molecule has 1 aromatic heterocycles. The molecule has 6 heteroatoms. The van der Waals surface area contributed by atoms with Crippen LogP contribution in [0.2, 0.25) is 0 Å². The number of piperidine rings is 1. The number of carbonyl (C=O) groups is 1. The smallest absolute Gasteiger partial charge is 0.322 e. The van der Waals surface area contributed by atoms with Gasteiger partial charge >= 0.3 is 6.03 Å². The van der Waals surface area contributed by atoms with Crippen LogP contribution in [-0.4, -0.2) is 46.7 Å². The van der Waals surface area contributed by atoms with E-state index in [2.05, 4.69) is 20.3 Å². The Balaban J connectivity index is 1.36. The lowest BCUT2D eigenvalue weighted by molar-refractivity contribution is 0.0983. The summed E-state index contributed by atoms with van der Waals surface area (Å²) in [6, 6.07) is 12.2. The van der Waals surface area contributed by atoms with Gasteiger partial charge < -0.3 is 14.7 Å². The number of urea groups is 1. The molecule has 0 radical (unpaired) electrons. The van der Waals surface area contributed by atoms with Gasteiger partial charge in [-0.05, 0) is 63.7 Å². The Kier molecular flexibility index (Phi) is 6.49. The van der Waals surface area contributed by atoms with Gasteiger partial charge in [-0.25, -0.2) is 4.79 Å². The molecule has 2 saturated heterocycles. The third-order valence-electron chi connectivity index (χ3n) is 6.32. The fourth-order valence-corrected chi connectivity index (χ4v) is 4.80. The topological polar surface area (TPSA) is 61.6 Å². The Morgan fingerprint density at radius 1 is 1.10 bits per heavy atom. The van der Waals surface area contributed by atoms with E-state index in [1.165, 1.54) is 12.8 Å². The second-order valence-corrected chi connectivity index (χ2v) is 8.45. The van der Waals surface area contributed by atoms with Crippen LogP contribution in [0.25, 0.3) is 0 Å². The number of rotatable bonds is 4. The maximum atomic E-state index is 13.1. The lowest BCUT2D eigenvalue weighted by atomic mass is 9.86. The van der Waals surface area contributed by atoms with Crippen LogP contribution in [0.3, 0.4) is 0 Å². The minimum atomic E-state index is 0.0580.